The van der Waals surface area contributed by atoms with Gasteiger partial charge in [0.25, 0.3) is 0 Å². The van der Waals surface area contributed by atoms with Gasteiger partial charge in [-0.05, 0) is 42.1 Å². The Bertz CT molecular complexity index is 335. The van der Waals surface area contributed by atoms with E-state index < -0.39 is 0 Å². The minimum absolute atomic E-state index is 0.549. The van der Waals surface area contributed by atoms with Gasteiger partial charge in [0.2, 0.25) is 0 Å². The number of hydrogen-bond donors (Lipinski definition) is 1. The van der Waals surface area contributed by atoms with Crippen molar-refractivity contribution in [2.45, 2.75) is 26.3 Å². The third-order valence-corrected chi connectivity index (χ3v) is 3.47. The van der Waals surface area contributed by atoms with Crippen LogP contribution in [0.1, 0.15) is 31.0 Å². The topological polar surface area (TPSA) is 12.0 Å². The Morgan fingerprint density at radius 2 is 2.29 bits per heavy atom. The van der Waals surface area contributed by atoms with Crippen LogP contribution in [0.4, 0.5) is 0 Å². The second kappa shape index (κ2) is 4.03. The molecule has 2 unspecified atom stereocenters. The van der Waals surface area contributed by atoms with Gasteiger partial charge in [-0.1, -0.05) is 35.8 Å². The Hall–Kier alpha value is -0.340. The van der Waals surface area contributed by atoms with Crippen LogP contribution < -0.4 is 5.32 Å². The lowest BCUT2D eigenvalue weighted by Gasteiger charge is -2.17. The van der Waals surface area contributed by atoms with Crippen LogP contribution in [0.2, 0.25) is 0 Å². The molecule has 2 heteroatoms. The number of rotatable bonds is 2. The van der Waals surface area contributed by atoms with Crippen molar-refractivity contribution in [2.24, 2.45) is 5.92 Å². The summed E-state index contributed by atoms with van der Waals surface area (Å²) < 4.78 is 1.19. The van der Waals surface area contributed by atoms with Gasteiger partial charge in [0.15, 0.2) is 0 Å². The van der Waals surface area contributed by atoms with Crippen molar-refractivity contribution in [3.05, 3.63) is 33.8 Å². The average molecular weight is 254 g/mol. The molecule has 0 spiro atoms. The van der Waals surface area contributed by atoms with Crippen molar-refractivity contribution in [3.8, 4) is 0 Å². The van der Waals surface area contributed by atoms with Crippen LogP contribution in [0.5, 0.6) is 0 Å². The molecule has 0 bridgehead atoms. The first-order valence-corrected chi connectivity index (χ1v) is 6.03. The normalized spacial score (nSPS) is 25.1. The maximum Gasteiger partial charge on any atom is 0.0352 e. The Kier molecular flexibility index (Phi) is 2.93. The van der Waals surface area contributed by atoms with Crippen LogP contribution in [0.3, 0.4) is 0 Å². The highest BCUT2D eigenvalue weighted by Gasteiger charge is 2.28. The van der Waals surface area contributed by atoms with Gasteiger partial charge in [-0.2, -0.15) is 0 Å². The summed E-state index contributed by atoms with van der Waals surface area (Å²) in [5, 5.41) is 3.56. The van der Waals surface area contributed by atoms with Crippen LogP contribution in [-0.2, 0) is 6.42 Å². The molecule has 0 amide bonds. The Morgan fingerprint density at radius 1 is 1.50 bits per heavy atom. The fraction of sp³-hybridized carbons (Fsp3) is 0.500. The molecular formula is C12H16BrN. The second-order valence-electron chi connectivity index (χ2n) is 4.06. The third kappa shape index (κ3) is 1.73. The van der Waals surface area contributed by atoms with Gasteiger partial charge in [0, 0.05) is 10.5 Å². The summed E-state index contributed by atoms with van der Waals surface area (Å²) in [7, 11) is 0. The van der Waals surface area contributed by atoms with E-state index in [2.05, 4.69) is 53.3 Å². The van der Waals surface area contributed by atoms with Crippen LogP contribution >= 0.6 is 15.9 Å². The van der Waals surface area contributed by atoms with E-state index in [1.165, 1.54) is 22.0 Å². The Morgan fingerprint density at radius 3 is 3.00 bits per heavy atom. The monoisotopic (exact) mass is 253 g/mol. The lowest BCUT2D eigenvalue weighted by Crippen LogP contribution is -2.23. The summed E-state index contributed by atoms with van der Waals surface area (Å²) in [6.45, 7) is 5.53. The van der Waals surface area contributed by atoms with Gasteiger partial charge in [0.05, 0.1) is 0 Å². The Balaban J connectivity index is 2.34. The number of nitrogens with one attached hydrogen (secondary N) is 1. The summed E-state index contributed by atoms with van der Waals surface area (Å²) in [5.74, 6) is 0.722. The summed E-state index contributed by atoms with van der Waals surface area (Å²) in [6.07, 6.45) is 1.21. The zero-order valence-electron chi connectivity index (χ0n) is 8.68. The van der Waals surface area contributed by atoms with Gasteiger partial charge in [-0.3, -0.25) is 0 Å². The van der Waals surface area contributed by atoms with E-state index in [-0.39, 0.29) is 0 Å². The van der Waals surface area contributed by atoms with Crippen molar-refractivity contribution < 1.29 is 0 Å². The largest absolute Gasteiger partial charge is 0.310 e. The van der Waals surface area contributed by atoms with Gasteiger partial charge >= 0.3 is 0 Å². The van der Waals surface area contributed by atoms with E-state index in [9.17, 15) is 0 Å². The molecule has 0 fully saturated rings. The first-order valence-electron chi connectivity index (χ1n) is 5.24. The molecule has 0 saturated heterocycles. The third-order valence-electron chi connectivity index (χ3n) is 2.98. The number of halogens is 1. The molecule has 2 rings (SSSR count). The second-order valence-corrected chi connectivity index (χ2v) is 4.98. The van der Waals surface area contributed by atoms with E-state index in [4.69, 9.17) is 0 Å². The Labute approximate surface area is 94.0 Å². The highest BCUT2D eigenvalue weighted by molar-refractivity contribution is 9.10. The highest BCUT2D eigenvalue weighted by atomic mass is 79.9. The molecule has 76 valence electrons. The fourth-order valence-electron chi connectivity index (χ4n) is 2.34. The fourth-order valence-corrected chi connectivity index (χ4v) is 2.72. The molecule has 1 aliphatic rings. The molecule has 2 atom stereocenters. The smallest absolute Gasteiger partial charge is 0.0352 e. The van der Waals surface area contributed by atoms with Crippen molar-refractivity contribution in [1.29, 1.82) is 0 Å². The first kappa shape index (κ1) is 10.2. The predicted molar refractivity (Wildman–Crippen MR) is 63.4 cm³/mol. The number of hydrogen-bond acceptors (Lipinski definition) is 1. The van der Waals surface area contributed by atoms with Crippen LogP contribution in [-0.4, -0.2) is 6.54 Å². The zero-order valence-corrected chi connectivity index (χ0v) is 10.3. The molecule has 1 aliphatic carbocycles. The molecular weight excluding hydrogens is 238 g/mol. The van der Waals surface area contributed by atoms with Crippen molar-refractivity contribution in [1.82, 2.24) is 5.32 Å². The summed E-state index contributed by atoms with van der Waals surface area (Å²) >= 11 is 3.54. The lowest BCUT2D eigenvalue weighted by molar-refractivity contribution is 0.426. The van der Waals surface area contributed by atoms with Gasteiger partial charge in [-0.25, -0.2) is 0 Å². The molecule has 0 heterocycles. The zero-order chi connectivity index (χ0) is 10.1. The molecule has 1 N–H and O–H groups in total. The maximum absolute atomic E-state index is 3.56. The number of benzene rings is 1. The molecule has 14 heavy (non-hydrogen) atoms. The lowest BCUT2D eigenvalue weighted by atomic mass is 10.0. The summed E-state index contributed by atoms with van der Waals surface area (Å²) in [6, 6.07) is 7.19. The number of fused-ring (bicyclic) bond motifs is 1. The minimum atomic E-state index is 0.549. The highest BCUT2D eigenvalue weighted by Crippen LogP contribution is 2.37. The minimum Gasteiger partial charge on any atom is -0.310 e. The summed E-state index contributed by atoms with van der Waals surface area (Å²) in [5.41, 5.74) is 2.99. The SMILES string of the molecule is CCNC1c2cc(Br)ccc2CC1C. The standard InChI is InChI=1S/C12H16BrN/c1-3-14-12-8(2)6-9-4-5-10(13)7-11(9)12/h4-5,7-8,12,14H,3,6H2,1-2H3. The average Bonchev–Trinajstić information content (AvgIpc) is 2.45. The van der Waals surface area contributed by atoms with Crippen LogP contribution in [0.25, 0.3) is 0 Å². The molecule has 0 aliphatic heterocycles. The van der Waals surface area contributed by atoms with Gasteiger partial charge in [0.1, 0.15) is 0 Å². The van der Waals surface area contributed by atoms with Crippen molar-refractivity contribution >= 4 is 15.9 Å². The maximum atomic E-state index is 3.56. The van der Waals surface area contributed by atoms with E-state index in [1.54, 1.807) is 0 Å². The summed E-state index contributed by atoms with van der Waals surface area (Å²) in [4.78, 5) is 0. The van der Waals surface area contributed by atoms with E-state index in [1.807, 2.05) is 0 Å². The van der Waals surface area contributed by atoms with E-state index >= 15 is 0 Å². The van der Waals surface area contributed by atoms with Crippen LogP contribution in [0.15, 0.2) is 22.7 Å². The molecule has 0 radical (unpaired) electrons. The molecule has 1 aromatic rings. The molecule has 0 saturated carbocycles. The molecule has 1 aromatic carbocycles. The van der Waals surface area contributed by atoms with Gasteiger partial charge in [-0.15, -0.1) is 0 Å². The molecule has 1 nitrogen and oxygen atoms in total. The van der Waals surface area contributed by atoms with Crippen molar-refractivity contribution in [3.63, 3.8) is 0 Å². The molecule has 0 aromatic heterocycles. The first-order chi connectivity index (χ1) is 6.72. The van der Waals surface area contributed by atoms with E-state index in [0.717, 1.165) is 12.5 Å². The van der Waals surface area contributed by atoms with Crippen molar-refractivity contribution in [2.75, 3.05) is 6.54 Å². The van der Waals surface area contributed by atoms with Gasteiger partial charge < -0.3 is 5.32 Å². The van der Waals surface area contributed by atoms with Crippen LogP contribution in [0, 0.1) is 5.92 Å². The predicted octanol–water partition coefficient (Wildman–Crippen LogP) is 3.29. The quantitative estimate of drug-likeness (QED) is 0.853. The van der Waals surface area contributed by atoms with E-state index in [0.29, 0.717) is 6.04 Å².